The fourth-order valence-corrected chi connectivity index (χ4v) is 2.04. The molecule has 2 N–H and O–H groups in total. The number of benzene rings is 1. The summed E-state index contributed by atoms with van der Waals surface area (Å²) < 4.78 is 24.0. The van der Waals surface area contributed by atoms with Gasteiger partial charge in [-0.25, -0.2) is 13.1 Å². The first kappa shape index (κ1) is 14.2. The zero-order chi connectivity index (χ0) is 12.7. The van der Waals surface area contributed by atoms with E-state index in [0.717, 1.165) is 19.5 Å². The van der Waals surface area contributed by atoms with Gasteiger partial charge in [0.1, 0.15) is 0 Å². The van der Waals surface area contributed by atoms with Gasteiger partial charge in [0.15, 0.2) is 0 Å². The Kier molecular flexibility index (Phi) is 5.61. The quantitative estimate of drug-likeness (QED) is 0.716. The topological polar surface area (TPSA) is 58.2 Å². The Labute approximate surface area is 103 Å². The number of aryl methyl sites for hydroxylation is 1. The Balaban J connectivity index is 2.13. The van der Waals surface area contributed by atoms with E-state index in [4.69, 9.17) is 0 Å². The van der Waals surface area contributed by atoms with Crippen molar-refractivity contribution in [2.75, 3.05) is 19.3 Å². The van der Waals surface area contributed by atoms with Crippen molar-refractivity contribution in [3.8, 4) is 0 Å². The van der Waals surface area contributed by atoms with E-state index in [9.17, 15) is 8.42 Å². The summed E-state index contributed by atoms with van der Waals surface area (Å²) in [6.45, 7) is 4.18. The van der Waals surface area contributed by atoms with Crippen LogP contribution in [0, 0.1) is 6.92 Å². The van der Waals surface area contributed by atoms with Crippen LogP contribution >= 0.6 is 0 Å². The number of sulfonamides is 1. The van der Waals surface area contributed by atoms with Gasteiger partial charge in [0.2, 0.25) is 10.0 Å². The molecule has 0 heterocycles. The lowest BCUT2D eigenvalue weighted by molar-refractivity contribution is 0.579. The molecule has 0 unspecified atom stereocenters. The molecule has 0 bridgehead atoms. The third-order valence-electron chi connectivity index (χ3n) is 2.31. The molecule has 0 amide bonds. The van der Waals surface area contributed by atoms with Gasteiger partial charge in [-0.15, -0.1) is 0 Å². The summed E-state index contributed by atoms with van der Waals surface area (Å²) in [5.74, 6) is 0. The average molecular weight is 256 g/mol. The summed E-state index contributed by atoms with van der Waals surface area (Å²) in [6.07, 6.45) is 1.96. The highest BCUT2D eigenvalue weighted by molar-refractivity contribution is 7.88. The summed E-state index contributed by atoms with van der Waals surface area (Å²) in [5.41, 5.74) is 2.50. The molecule has 0 radical (unpaired) electrons. The lowest BCUT2D eigenvalue weighted by Crippen LogP contribution is -2.26. The zero-order valence-corrected chi connectivity index (χ0v) is 11.2. The number of hydrogen-bond donors (Lipinski definition) is 2. The molecule has 0 aliphatic heterocycles. The zero-order valence-electron chi connectivity index (χ0n) is 10.4. The van der Waals surface area contributed by atoms with Crippen LogP contribution in [-0.2, 0) is 16.6 Å². The summed E-state index contributed by atoms with van der Waals surface area (Å²) >= 11 is 0. The van der Waals surface area contributed by atoms with E-state index in [1.807, 2.05) is 6.07 Å². The van der Waals surface area contributed by atoms with Crippen LogP contribution in [-0.4, -0.2) is 27.8 Å². The molecule has 4 nitrogen and oxygen atoms in total. The molecule has 1 aromatic carbocycles. The SMILES string of the molecule is Cc1cccc(CNCCCNS(C)(=O)=O)c1. The molecule has 0 spiro atoms. The van der Waals surface area contributed by atoms with E-state index < -0.39 is 10.0 Å². The number of rotatable bonds is 7. The molecule has 1 aromatic rings. The Hall–Kier alpha value is -0.910. The highest BCUT2D eigenvalue weighted by Gasteiger charge is 1.98. The van der Waals surface area contributed by atoms with E-state index in [0.29, 0.717) is 6.54 Å². The van der Waals surface area contributed by atoms with Gasteiger partial charge in [0.05, 0.1) is 6.26 Å². The second-order valence-electron chi connectivity index (χ2n) is 4.19. The number of hydrogen-bond acceptors (Lipinski definition) is 3. The van der Waals surface area contributed by atoms with E-state index in [1.54, 1.807) is 0 Å². The van der Waals surface area contributed by atoms with Gasteiger partial charge < -0.3 is 5.32 Å². The summed E-state index contributed by atoms with van der Waals surface area (Å²) in [4.78, 5) is 0. The van der Waals surface area contributed by atoms with Crippen molar-refractivity contribution in [3.05, 3.63) is 35.4 Å². The highest BCUT2D eigenvalue weighted by atomic mass is 32.2. The predicted molar refractivity (Wildman–Crippen MR) is 70.3 cm³/mol. The lowest BCUT2D eigenvalue weighted by Gasteiger charge is -2.06. The fraction of sp³-hybridized carbons (Fsp3) is 0.500. The van der Waals surface area contributed by atoms with Crippen molar-refractivity contribution in [2.24, 2.45) is 0 Å². The molecule has 1 rings (SSSR count). The third kappa shape index (κ3) is 7.10. The van der Waals surface area contributed by atoms with Crippen molar-refractivity contribution in [2.45, 2.75) is 19.9 Å². The standard InChI is InChI=1S/C12H20N2O2S/c1-11-5-3-6-12(9-11)10-13-7-4-8-14-17(2,15)16/h3,5-6,9,13-14H,4,7-8,10H2,1-2H3. The molecule has 0 saturated carbocycles. The van der Waals surface area contributed by atoms with Crippen LogP contribution in [0.5, 0.6) is 0 Å². The fourth-order valence-electron chi connectivity index (χ4n) is 1.53. The molecule has 17 heavy (non-hydrogen) atoms. The van der Waals surface area contributed by atoms with E-state index in [2.05, 4.69) is 35.2 Å². The summed E-state index contributed by atoms with van der Waals surface area (Å²) in [6, 6.07) is 8.33. The second-order valence-corrected chi connectivity index (χ2v) is 6.02. The van der Waals surface area contributed by atoms with Gasteiger partial charge in [-0.1, -0.05) is 29.8 Å². The monoisotopic (exact) mass is 256 g/mol. The van der Waals surface area contributed by atoms with Crippen LogP contribution < -0.4 is 10.0 Å². The minimum absolute atomic E-state index is 0.486. The third-order valence-corrected chi connectivity index (χ3v) is 3.03. The van der Waals surface area contributed by atoms with Crippen LogP contribution in [0.4, 0.5) is 0 Å². The molecule has 0 aliphatic carbocycles. The first-order chi connectivity index (χ1) is 7.97. The van der Waals surface area contributed by atoms with Gasteiger partial charge in [-0.05, 0) is 25.5 Å². The van der Waals surface area contributed by atoms with Crippen molar-refractivity contribution in [1.29, 1.82) is 0 Å². The minimum atomic E-state index is -3.05. The molecular weight excluding hydrogens is 236 g/mol. The Morgan fingerprint density at radius 2 is 2.00 bits per heavy atom. The van der Waals surface area contributed by atoms with Gasteiger partial charge in [0.25, 0.3) is 0 Å². The van der Waals surface area contributed by atoms with E-state index >= 15 is 0 Å². The lowest BCUT2D eigenvalue weighted by atomic mass is 10.1. The van der Waals surface area contributed by atoms with Crippen LogP contribution in [0.3, 0.4) is 0 Å². The molecule has 96 valence electrons. The first-order valence-electron chi connectivity index (χ1n) is 5.68. The highest BCUT2D eigenvalue weighted by Crippen LogP contribution is 2.02. The summed E-state index contributed by atoms with van der Waals surface area (Å²) in [5, 5.41) is 3.28. The van der Waals surface area contributed by atoms with Crippen molar-refractivity contribution < 1.29 is 8.42 Å². The molecule has 0 aliphatic rings. The summed E-state index contributed by atoms with van der Waals surface area (Å²) in [7, 11) is -3.05. The number of nitrogens with one attached hydrogen (secondary N) is 2. The molecule has 0 fully saturated rings. The maximum atomic E-state index is 10.8. The predicted octanol–water partition coefficient (Wildman–Crippen LogP) is 1.02. The maximum absolute atomic E-state index is 10.8. The Bertz CT molecular complexity index is 444. The first-order valence-corrected chi connectivity index (χ1v) is 7.57. The van der Waals surface area contributed by atoms with Crippen LogP contribution in [0.2, 0.25) is 0 Å². The minimum Gasteiger partial charge on any atom is -0.313 e. The second kappa shape index (κ2) is 6.74. The van der Waals surface area contributed by atoms with Gasteiger partial charge >= 0.3 is 0 Å². The van der Waals surface area contributed by atoms with Gasteiger partial charge in [-0.3, -0.25) is 0 Å². The van der Waals surface area contributed by atoms with Crippen molar-refractivity contribution in [3.63, 3.8) is 0 Å². The molecule has 0 saturated heterocycles. The molecule has 5 heteroatoms. The largest absolute Gasteiger partial charge is 0.313 e. The average Bonchev–Trinajstić information content (AvgIpc) is 2.22. The van der Waals surface area contributed by atoms with Gasteiger partial charge in [0, 0.05) is 13.1 Å². The van der Waals surface area contributed by atoms with Crippen LogP contribution in [0.1, 0.15) is 17.5 Å². The van der Waals surface area contributed by atoms with Crippen LogP contribution in [0.15, 0.2) is 24.3 Å². The molecule has 0 aromatic heterocycles. The van der Waals surface area contributed by atoms with Gasteiger partial charge in [-0.2, -0.15) is 0 Å². The maximum Gasteiger partial charge on any atom is 0.208 e. The normalized spacial score (nSPS) is 11.6. The molecular formula is C12H20N2O2S. The van der Waals surface area contributed by atoms with Crippen LogP contribution in [0.25, 0.3) is 0 Å². The smallest absolute Gasteiger partial charge is 0.208 e. The van der Waals surface area contributed by atoms with Crippen molar-refractivity contribution >= 4 is 10.0 Å². The van der Waals surface area contributed by atoms with E-state index in [1.165, 1.54) is 17.4 Å². The van der Waals surface area contributed by atoms with Crippen molar-refractivity contribution in [1.82, 2.24) is 10.0 Å². The Morgan fingerprint density at radius 1 is 1.24 bits per heavy atom. The van der Waals surface area contributed by atoms with E-state index in [-0.39, 0.29) is 0 Å². The molecule has 0 atom stereocenters. The Morgan fingerprint density at radius 3 is 2.65 bits per heavy atom.